The van der Waals surface area contributed by atoms with E-state index in [1.807, 2.05) is 0 Å². The van der Waals surface area contributed by atoms with Gasteiger partial charge in [0.15, 0.2) is 0 Å². The molecule has 0 aromatic rings. The van der Waals surface area contributed by atoms with E-state index in [-0.39, 0.29) is 17.2 Å². The Hall–Kier alpha value is -0.160. The Morgan fingerprint density at radius 3 is 2.32 bits per heavy atom. The molecule has 1 heterocycles. The van der Waals surface area contributed by atoms with E-state index in [0.717, 1.165) is 45.6 Å². The fraction of sp³-hybridized carbons (Fsp3) is 1.00. The number of methoxy groups -OCH3 is 1. The van der Waals surface area contributed by atoms with Gasteiger partial charge >= 0.3 is 0 Å². The van der Waals surface area contributed by atoms with Crippen LogP contribution in [0.25, 0.3) is 0 Å². The summed E-state index contributed by atoms with van der Waals surface area (Å²) in [5.41, 5.74) is 6.49. The maximum atomic E-state index is 6.52. The number of hydrogen-bond acceptors (Lipinski definition) is 4. The molecule has 1 rings (SSSR count). The molecule has 0 aromatic carbocycles. The van der Waals surface area contributed by atoms with Crippen molar-refractivity contribution in [3.63, 3.8) is 0 Å². The van der Waals surface area contributed by atoms with Crippen molar-refractivity contribution in [2.75, 3.05) is 33.4 Å². The van der Waals surface area contributed by atoms with Gasteiger partial charge in [-0.15, -0.1) is 0 Å². The van der Waals surface area contributed by atoms with Crippen molar-refractivity contribution in [2.45, 2.75) is 64.1 Å². The number of rotatable bonds is 7. The van der Waals surface area contributed by atoms with Crippen LogP contribution in [0.3, 0.4) is 0 Å². The minimum Gasteiger partial charge on any atom is -0.379 e. The van der Waals surface area contributed by atoms with Crippen LogP contribution in [0.4, 0.5) is 0 Å². The molecule has 0 radical (unpaired) electrons. The molecule has 2 atom stereocenters. The summed E-state index contributed by atoms with van der Waals surface area (Å²) in [7, 11) is 1.77. The van der Waals surface area contributed by atoms with Gasteiger partial charge in [-0.25, -0.2) is 0 Å². The van der Waals surface area contributed by atoms with Crippen LogP contribution in [0.15, 0.2) is 0 Å². The van der Waals surface area contributed by atoms with Crippen LogP contribution in [-0.4, -0.2) is 55.5 Å². The summed E-state index contributed by atoms with van der Waals surface area (Å²) in [6.07, 6.45) is 3.05. The summed E-state index contributed by atoms with van der Waals surface area (Å²) in [6, 6.07) is 0.171. The molecule has 1 aliphatic rings. The lowest BCUT2D eigenvalue weighted by Gasteiger charge is -2.47. The van der Waals surface area contributed by atoms with Gasteiger partial charge in [-0.1, -0.05) is 6.92 Å². The van der Waals surface area contributed by atoms with Crippen molar-refractivity contribution in [3.8, 4) is 0 Å². The monoisotopic (exact) mass is 272 g/mol. The summed E-state index contributed by atoms with van der Waals surface area (Å²) in [5.74, 6) is 0. The molecular formula is C15H32N2O2. The molecule has 1 fully saturated rings. The largest absolute Gasteiger partial charge is 0.379 e. The van der Waals surface area contributed by atoms with Gasteiger partial charge in [0.1, 0.15) is 0 Å². The second kappa shape index (κ2) is 7.02. The van der Waals surface area contributed by atoms with Crippen LogP contribution in [-0.2, 0) is 9.47 Å². The molecular weight excluding hydrogens is 240 g/mol. The van der Waals surface area contributed by atoms with Crippen molar-refractivity contribution in [1.29, 1.82) is 0 Å². The maximum absolute atomic E-state index is 6.52. The highest BCUT2D eigenvalue weighted by atomic mass is 16.5. The van der Waals surface area contributed by atoms with Gasteiger partial charge in [0, 0.05) is 31.8 Å². The lowest BCUT2D eigenvalue weighted by molar-refractivity contribution is -0.0345. The average molecular weight is 272 g/mol. The highest BCUT2D eigenvalue weighted by Crippen LogP contribution is 2.28. The lowest BCUT2D eigenvalue weighted by Crippen LogP contribution is -2.60. The first-order valence-electron chi connectivity index (χ1n) is 7.49. The summed E-state index contributed by atoms with van der Waals surface area (Å²) in [6.45, 7) is 12.4. The zero-order valence-electron chi connectivity index (χ0n) is 13.4. The van der Waals surface area contributed by atoms with Crippen molar-refractivity contribution in [1.82, 2.24) is 4.90 Å². The van der Waals surface area contributed by atoms with Crippen molar-refractivity contribution in [3.05, 3.63) is 0 Å². The highest BCUT2D eigenvalue weighted by molar-refractivity contribution is 4.96. The molecule has 4 heteroatoms. The predicted octanol–water partition coefficient (Wildman–Crippen LogP) is 2.02. The molecule has 4 nitrogen and oxygen atoms in total. The SMILES string of the molecule is CCC(C)(C(N)CCC(C)(C)OC)N1CCOCC1. The molecule has 0 aliphatic carbocycles. The van der Waals surface area contributed by atoms with Gasteiger partial charge in [-0.2, -0.15) is 0 Å². The van der Waals surface area contributed by atoms with Crippen molar-refractivity contribution >= 4 is 0 Å². The Labute approximate surface area is 118 Å². The van der Waals surface area contributed by atoms with Crippen LogP contribution in [0.5, 0.6) is 0 Å². The molecule has 0 aromatic heterocycles. The van der Waals surface area contributed by atoms with Gasteiger partial charge in [0.05, 0.1) is 18.8 Å². The third-order valence-electron chi connectivity index (χ3n) is 4.86. The molecule has 0 spiro atoms. The van der Waals surface area contributed by atoms with Gasteiger partial charge in [-0.3, -0.25) is 4.90 Å². The zero-order valence-corrected chi connectivity index (χ0v) is 13.4. The van der Waals surface area contributed by atoms with Gasteiger partial charge in [0.25, 0.3) is 0 Å². The zero-order chi connectivity index (χ0) is 14.5. The second-order valence-corrected chi connectivity index (χ2v) is 6.42. The van der Waals surface area contributed by atoms with E-state index in [2.05, 4.69) is 32.6 Å². The third-order valence-corrected chi connectivity index (χ3v) is 4.86. The number of nitrogens with two attached hydrogens (primary N) is 1. The molecule has 114 valence electrons. The Morgan fingerprint density at radius 1 is 1.26 bits per heavy atom. The standard InChI is InChI=1S/C15H32N2O2/c1-6-15(4,17-9-11-19-12-10-17)13(16)7-8-14(2,3)18-5/h13H,6-12,16H2,1-5H3. The molecule has 1 aliphatic heterocycles. The molecule has 2 N–H and O–H groups in total. The number of hydrogen-bond donors (Lipinski definition) is 1. The Kier molecular flexibility index (Phi) is 6.24. The van der Waals surface area contributed by atoms with Crippen LogP contribution in [0.2, 0.25) is 0 Å². The van der Waals surface area contributed by atoms with E-state index < -0.39 is 0 Å². The summed E-state index contributed by atoms with van der Waals surface area (Å²) >= 11 is 0. The van der Waals surface area contributed by atoms with E-state index >= 15 is 0 Å². The van der Waals surface area contributed by atoms with E-state index in [1.165, 1.54) is 0 Å². The number of ether oxygens (including phenoxy) is 2. The summed E-state index contributed by atoms with van der Waals surface area (Å²) in [5, 5.41) is 0. The smallest absolute Gasteiger partial charge is 0.0623 e. The van der Waals surface area contributed by atoms with Crippen LogP contribution in [0.1, 0.15) is 47.0 Å². The van der Waals surface area contributed by atoms with Crippen LogP contribution >= 0.6 is 0 Å². The van der Waals surface area contributed by atoms with E-state index in [0.29, 0.717) is 0 Å². The summed E-state index contributed by atoms with van der Waals surface area (Å²) in [4.78, 5) is 2.50. The molecule has 0 amide bonds. The Morgan fingerprint density at radius 2 is 1.84 bits per heavy atom. The van der Waals surface area contributed by atoms with Crippen LogP contribution in [0, 0.1) is 0 Å². The molecule has 0 saturated carbocycles. The molecule has 1 saturated heterocycles. The first-order chi connectivity index (χ1) is 8.85. The van der Waals surface area contributed by atoms with E-state index in [1.54, 1.807) is 7.11 Å². The van der Waals surface area contributed by atoms with Crippen molar-refractivity contribution < 1.29 is 9.47 Å². The van der Waals surface area contributed by atoms with E-state index in [9.17, 15) is 0 Å². The second-order valence-electron chi connectivity index (χ2n) is 6.42. The topological polar surface area (TPSA) is 47.7 Å². The number of morpholine rings is 1. The Bertz CT molecular complexity index is 265. The highest BCUT2D eigenvalue weighted by Gasteiger charge is 2.37. The quantitative estimate of drug-likeness (QED) is 0.770. The average Bonchev–Trinajstić information content (AvgIpc) is 2.44. The van der Waals surface area contributed by atoms with Crippen molar-refractivity contribution in [2.24, 2.45) is 5.73 Å². The fourth-order valence-electron chi connectivity index (χ4n) is 2.71. The van der Waals surface area contributed by atoms with Gasteiger partial charge < -0.3 is 15.2 Å². The van der Waals surface area contributed by atoms with Crippen LogP contribution < -0.4 is 5.73 Å². The van der Waals surface area contributed by atoms with Gasteiger partial charge in [-0.05, 0) is 40.0 Å². The first-order valence-corrected chi connectivity index (χ1v) is 7.49. The minimum absolute atomic E-state index is 0.0631. The molecule has 2 unspecified atom stereocenters. The summed E-state index contributed by atoms with van der Waals surface area (Å²) < 4.78 is 10.9. The fourth-order valence-corrected chi connectivity index (χ4v) is 2.71. The molecule has 19 heavy (non-hydrogen) atoms. The third kappa shape index (κ3) is 4.42. The predicted molar refractivity (Wildman–Crippen MR) is 79.4 cm³/mol. The first kappa shape index (κ1) is 16.9. The normalized spacial score (nSPS) is 23.1. The number of nitrogens with zero attached hydrogens (tertiary/aromatic N) is 1. The molecule has 0 bridgehead atoms. The van der Waals surface area contributed by atoms with E-state index in [4.69, 9.17) is 15.2 Å². The lowest BCUT2D eigenvalue weighted by atomic mass is 9.83. The maximum Gasteiger partial charge on any atom is 0.0623 e. The minimum atomic E-state index is -0.0860. The van der Waals surface area contributed by atoms with Gasteiger partial charge in [0.2, 0.25) is 0 Å². The Balaban J connectivity index is 2.61.